The van der Waals surface area contributed by atoms with E-state index in [2.05, 4.69) is 0 Å². The van der Waals surface area contributed by atoms with Gasteiger partial charge in [-0.15, -0.1) is 0 Å². The Morgan fingerprint density at radius 2 is 2.31 bits per heavy atom. The van der Waals surface area contributed by atoms with Gasteiger partial charge in [-0.3, -0.25) is 0 Å². The molecule has 1 aromatic rings. The Balaban J connectivity index is 1.88. The van der Waals surface area contributed by atoms with Crippen LogP contribution in [0.2, 0.25) is 0 Å². The maximum atomic E-state index is 5.75. The van der Waals surface area contributed by atoms with Gasteiger partial charge >= 0.3 is 0 Å². The van der Waals surface area contributed by atoms with Gasteiger partial charge in [0.2, 0.25) is 0 Å². The number of rotatable bonds is 3. The van der Waals surface area contributed by atoms with Gasteiger partial charge in [-0.2, -0.15) is 0 Å². The molecule has 0 amide bonds. The summed E-state index contributed by atoms with van der Waals surface area (Å²) in [5.74, 6) is 0.906. The molecule has 88 valence electrons. The van der Waals surface area contributed by atoms with Crippen molar-refractivity contribution < 1.29 is 9.47 Å². The molecule has 0 unspecified atom stereocenters. The first-order chi connectivity index (χ1) is 7.75. The number of hydrogen-bond acceptors (Lipinski definition) is 3. The highest BCUT2D eigenvalue weighted by molar-refractivity contribution is 5.47. The zero-order valence-corrected chi connectivity index (χ0v) is 9.74. The molecule has 2 rings (SSSR count). The van der Waals surface area contributed by atoms with E-state index >= 15 is 0 Å². The number of aryl methyl sites for hydroxylation is 1. The molecule has 1 aliphatic rings. The van der Waals surface area contributed by atoms with Crippen LogP contribution < -0.4 is 10.5 Å². The van der Waals surface area contributed by atoms with E-state index in [1.165, 1.54) is 12.8 Å². The highest BCUT2D eigenvalue weighted by atomic mass is 16.5. The third-order valence-electron chi connectivity index (χ3n) is 2.90. The van der Waals surface area contributed by atoms with Crippen LogP contribution in [0.3, 0.4) is 0 Å². The lowest BCUT2D eigenvalue weighted by Gasteiger charge is -2.23. The van der Waals surface area contributed by atoms with E-state index in [1.54, 1.807) is 0 Å². The second kappa shape index (κ2) is 5.21. The third-order valence-corrected chi connectivity index (χ3v) is 2.90. The van der Waals surface area contributed by atoms with Gasteiger partial charge in [0, 0.05) is 12.3 Å². The van der Waals surface area contributed by atoms with E-state index < -0.39 is 0 Å². The predicted molar refractivity (Wildman–Crippen MR) is 64.7 cm³/mol. The van der Waals surface area contributed by atoms with E-state index in [0.29, 0.717) is 6.61 Å². The lowest BCUT2D eigenvalue weighted by Crippen LogP contribution is -2.25. The van der Waals surface area contributed by atoms with Crippen LogP contribution in [-0.2, 0) is 4.74 Å². The molecule has 16 heavy (non-hydrogen) atoms. The second-order valence-electron chi connectivity index (χ2n) is 4.32. The summed E-state index contributed by atoms with van der Waals surface area (Å²) in [5, 5.41) is 0. The fraction of sp³-hybridized carbons (Fsp3) is 0.538. The molecule has 0 saturated carbocycles. The van der Waals surface area contributed by atoms with Gasteiger partial charge < -0.3 is 15.2 Å². The van der Waals surface area contributed by atoms with Gasteiger partial charge in [0.1, 0.15) is 12.4 Å². The number of ether oxygens (including phenoxy) is 2. The van der Waals surface area contributed by atoms with Crippen molar-refractivity contribution in [1.29, 1.82) is 0 Å². The highest BCUT2D eigenvalue weighted by Gasteiger charge is 2.14. The largest absolute Gasteiger partial charge is 0.491 e. The van der Waals surface area contributed by atoms with E-state index in [0.717, 1.165) is 30.0 Å². The van der Waals surface area contributed by atoms with Crippen LogP contribution in [0.25, 0.3) is 0 Å². The molecular weight excluding hydrogens is 202 g/mol. The van der Waals surface area contributed by atoms with Crippen molar-refractivity contribution in [3.63, 3.8) is 0 Å². The van der Waals surface area contributed by atoms with Crippen LogP contribution in [0.15, 0.2) is 18.2 Å². The van der Waals surface area contributed by atoms with Gasteiger partial charge in [-0.25, -0.2) is 0 Å². The molecule has 3 nitrogen and oxygen atoms in total. The summed E-state index contributed by atoms with van der Waals surface area (Å²) in [5.41, 5.74) is 7.54. The van der Waals surface area contributed by atoms with Gasteiger partial charge in [-0.1, -0.05) is 0 Å². The molecule has 3 heteroatoms. The van der Waals surface area contributed by atoms with Crippen molar-refractivity contribution in [1.82, 2.24) is 0 Å². The Morgan fingerprint density at radius 3 is 3.00 bits per heavy atom. The van der Waals surface area contributed by atoms with Crippen LogP contribution in [0.1, 0.15) is 24.8 Å². The van der Waals surface area contributed by atoms with Crippen molar-refractivity contribution in [3.05, 3.63) is 23.8 Å². The maximum absolute atomic E-state index is 5.75. The van der Waals surface area contributed by atoms with Crippen LogP contribution >= 0.6 is 0 Å². The molecule has 1 fully saturated rings. The van der Waals surface area contributed by atoms with E-state index in [-0.39, 0.29) is 6.10 Å². The molecule has 1 aliphatic heterocycles. The zero-order valence-electron chi connectivity index (χ0n) is 9.74. The first-order valence-corrected chi connectivity index (χ1v) is 5.86. The number of nitrogen functional groups attached to an aromatic ring is 1. The molecule has 0 aliphatic carbocycles. The predicted octanol–water partition coefficient (Wildman–Crippen LogP) is 2.53. The second-order valence-corrected chi connectivity index (χ2v) is 4.32. The molecule has 0 bridgehead atoms. The van der Waals surface area contributed by atoms with Gasteiger partial charge in [-0.05, 0) is 49.9 Å². The molecule has 0 radical (unpaired) electrons. The summed E-state index contributed by atoms with van der Waals surface area (Å²) in [4.78, 5) is 0. The molecule has 0 spiro atoms. The average Bonchev–Trinajstić information content (AvgIpc) is 2.29. The van der Waals surface area contributed by atoms with Crippen LogP contribution in [0.4, 0.5) is 5.69 Å². The Labute approximate surface area is 96.5 Å². The molecule has 1 heterocycles. The molecule has 2 N–H and O–H groups in total. The van der Waals surface area contributed by atoms with Crippen molar-refractivity contribution in [2.45, 2.75) is 32.3 Å². The number of anilines is 1. The van der Waals surface area contributed by atoms with E-state index in [1.807, 2.05) is 25.1 Å². The summed E-state index contributed by atoms with van der Waals surface area (Å²) < 4.78 is 11.4. The first kappa shape index (κ1) is 11.3. The normalized spacial score (nSPS) is 20.7. The minimum absolute atomic E-state index is 0.255. The summed E-state index contributed by atoms with van der Waals surface area (Å²) in [6.07, 6.45) is 3.78. The van der Waals surface area contributed by atoms with Gasteiger partial charge in [0.15, 0.2) is 0 Å². The Kier molecular flexibility index (Phi) is 3.67. The number of benzene rings is 1. The standard InChI is InChI=1S/C13H19NO2/c1-10-8-11(14)5-6-13(10)16-9-12-4-2-3-7-15-12/h5-6,8,12H,2-4,7,9,14H2,1H3/t12-/m1/s1. The fourth-order valence-electron chi connectivity index (χ4n) is 1.96. The maximum Gasteiger partial charge on any atom is 0.122 e. The van der Waals surface area contributed by atoms with E-state index in [9.17, 15) is 0 Å². The van der Waals surface area contributed by atoms with Gasteiger partial charge in [0.05, 0.1) is 6.10 Å². The van der Waals surface area contributed by atoms with Crippen LogP contribution in [0, 0.1) is 6.92 Å². The number of nitrogens with two attached hydrogens (primary N) is 1. The van der Waals surface area contributed by atoms with Crippen molar-refractivity contribution in [3.8, 4) is 5.75 Å². The lowest BCUT2D eigenvalue weighted by atomic mass is 10.1. The summed E-state index contributed by atoms with van der Waals surface area (Å²) in [6.45, 7) is 3.52. The number of hydrogen-bond donors (Lipinski definition) is 1. The minimum Gasteiger partial charge on any atom is -0.491 e. The highest BCUT2D eigenvalue weighted by Crippen LogP contribution is 2.21. The van der Waals surface area contributed by atoms with Crippen LogP contribution in [-0.4, -0.2) is 19.3 Å². The first-order valence-electron chi connectivity index (χ1n) is 5.86. The molecule has 0 aromatic heterocycles. The molecule has 1 atom stereocenters. The Bertz CT molecular complexity index is 346. The van der Waals surface area contributed by atoms with Crippen LogP contribution in [0.5, 0.6) is 5.75 Å². The summed E-state index contributed by atoms with van der Waals surface area (Å²) in [7, 11) is 0. The topological polar surface area (TPSA) is 44.5 Å². The lowest BCUT2D eigenvalue weighted by molar-refractivity contribution is -0.0111. The third kappa shape index (κ3) is 2.89. The average molecular weight is 221 g/mol. The summed E-state index contributed by atoms with van der Waals surface area (Å²) in [6, 6.07) is 5.72. The summed E-state index contributed by atoms with van der Waals surface area (Å²) >= 11 is 0. The molecule has 1 aromatic carbocycles. The Hall–Kier alpha value is -1.22. The minimum atomic E-state index is 0.255. The monoisotopic (exact) mass is 221 g/mol. The fourth-order valence-corrected chi connectivity index (χ4v) is 1.96. The zero-order chi connectivity index (χ0) is 11.4. The van der Waals surface area contributed by atoms with Crippen molar-refractivity contribution in [2.75, 3.05) is 18.9 Å². The molecular formula is C13H19NO2. The van der Waals surface area contributed by atoms with E-state index in [4.69, 9.17) is 15.2 Å². The van der Waals surface area contributed by atoms with Gasteiger partial charge in [0.25, 0.3) is 0 Å². The quantitative estimate of drug-likeness (QED) is 0.798. The smallest absolute Gasteiger partial charge is 0.122 e. The van der Waals surface area contributed by atoms with Crippen molar-refractivity contribution in [2.24, 2.45) is 0 Å². The van der Waals surface area contributed by atoms with Crippen molar-refractivity contribution >= 4 is 5.69 Å². The Morgan fingerprint density at radius 1 is 1.44 bits per heavy atom. The SMILES string of the molecule is Cc1cc(N)ccc1OC[C@H]1CCCCO1. The molecule has 1 saturated heterocycles.